The van der Waals surface area contributed by atoms with Crippen LogP contribution in [0.2, 0.25) is 0 Å². The number of nitrogens with one attached hydrogen (secondary N) is 1. The number of hydrogen-bond donors (Lipinski definition) is 3. The minimum absolute atomic E-state index is 0.151. The summed E-state index contributed by atoms with van der Waals surface area (Å²) in [6.45, 7) is -2.79. The molecule has 102 valence electrons. The second-order valence-electron chi connectivity index (χ2n) is 3.39. The number of hydrogen-bond acceptors (Lipinski definition) is 4. The summed E-state index contributed by atoms with van der Waals surface area (Å²) >= 11 is 0. The molecule has 0 saturated carbocycles. The van der Waals surface area contributed by atoms with E-state index in [1.165, 1.54) is 12.1 Å². The quantitative estimate of drug-likeness (QED) is 0.588. The average molecular weight is 267 g/mol. The van der Waals surface area contributed by atoms with Crippen LogP contribution in [-0.2, 0) is 0 Å². The molecule has 0 aliphatic carbocycles. The molecule has 2 aromatic carbocycles. The van der Waals surface area contributed by atoms with Crippen LogP contribution in [0.3, 0.4) is 0 Å². The number of benzene rings is 2. The van der Waals surface area contributed by atoms with E-state index in [4.69, 9.17) is 0 Å². The molecule has 5 N–H and O–H groups in total. The minimum Gasteiger partial charge on any atom is -0.435 e. The van der Waals surface area contributed by atoms with Gasteiger partial charge in [-0.25, -0.2) is 0 Å². The molecule has 0 heterocycles. The summed E-state index contributed by atoms with van der Waals surface area (Å²) in [5, 5.41) is 3.14. The molecule has 0 amide bonds. The van der Waals surface area contributed by atoms with E-state index in [0.717, 1.165) is 11.4 Å². The van der Waals surface area contributed by atoms with Gasteiger partial charge in [0.2, 0.25) is 0 Å². The lowest BCUT2D eigenvalue weighted by Gasteiger charge is -2.08. The van der Waals surface area contributed by atoms with E-state index in [0.29, 0.717) is 0 Å². The number of para-hydroxylation sites is 1. The first-order valence-electron chi connectivity index (χ1n) is 5.44. The van der Waals surface area contributed by atoms with Crippen molar-refractivity contribution in [2.45, 2.75) is 6.61 Å². The fraction of sp³-hybridized carbons (Fsp3) is 0.0769. The third-order valence-electron chi connectivity index (χ3n) is 2.14. The largest absolute Gasteiger partial charge is 0.435 e. The molecular weight excluding hydrogens is 252 g/mol. The van der Waals surface area contributed by atoms with Crippen molar-refractivity contribution in [2.75, 3.05) is 5.32 Å². The van der Waals surface area contributed by atoms with Crippen molar-refractivity contribution < 1.29 is 13.5 Å². The first-order valence-corrected chi connectivity index (χ1v) is 5.44. The number of halogens is 2. The van der Waals surface area contributed by atoms with Gasteiger partial charge in [0.15, 0.2) is 0 Å². The molecule has 0 fully saturated rings. The molecule has 2 aromatic rings. The van der Waals surface area contributed by atoms with E-state index in [1.807, 2.05) is 30.3 Å². The molecule has 0 radical (unpaired) electrons. The van der Waals surface area contributed by atoms with Gasteiger partial charge >= 0.3 is 6.61 Å². The average Bonchev–Trinajstić information content (AvgIpc) is 2.44. The van der Waals surface area contributed by atoms with Gasteiger partial charge in [-0.15, -0.1) is 0 Å². The summed E-state index contributed by atoms with van der Waals surface area (Å²) in [4.78, 5) is 0. The lowest BCUT2D eigenvalue weighted by atomic mass is 10.2. The fourth-order valence-corrected chi connectivity index (χ4v) is 1.41. The Labute approximate surface area is 110 Å². The maximum absolute atomic E-state index is 11.9. The monoisotopic (exact) mass is 267 g/mol. The van der Waals surface area contributed by atoms with Crippen molar-refractivity contribution in [1.29, 1.82) is 0 Å². The Morgan fingerprint density at radius 2 is 1.37 bits per heavy atom. The molecule has 0 aliphatic heterocycles. The van der Waals surface area contributed by atoms with Crippen LogP contribution >= 0.6 is 0 Å². The Morgan fingerprint density at radius 1 is 0.842 bits per heavy atom. The maximum Gasteiger partial charge on any atom is 0.387 e. The van der Waals surface area contributed by atoms with Crippen molar-refractivity contribution in [1.82, 2.24) is 0 Å². The first kappa shape index (κ1) is 14.9. The van der Waals surface area contributed by atoms with Crippen molar-refractivity contribution in [3.8, 4) is 5.75 Å². The highest BCUT2D eigenvalue weighted by molar-refractivity contribution is 5.59. The van der Waals surface area contributed by atoms with Crippen LogP contribution in [0.4, 0.5) is 20.2 Å². The number of alkyl halides is 2. The SMILES string of the molecule is FC(F)Oc1ccc(Nc2ccccc2)cc1.NN. The number of rotatable bonds is 4. The lowest BCUT2D eigenvalue weighted by Crippen LogP contribution is -2.02. The Hall–Kier alpha value is -2.18. The van der Waals surface area contributed by atoms with E-state index in [1.54, 1.807) is 12.1 Å². The van der Waals surface area contributed by atoms with Gasteiger partial charge in [0.1, 0.15) is 5.75 Å². The standard InChI is InChI=1S/C13H11F2NO.H4N2/c14-13(15)17-12-8-6-11(7-9-12)16-10-4-2-1-3-5-10;1-2/h1-9,13,16H;1-2H2. The highest BCUT2D eigenvalue weighted by Crippen LogP contribution is 2.20. The number of nitrogens with two attached hydrogens (primary N) is 2. The zero-order valence-corrected chi connectivity index (χ0v) is 10.1. The summed E-state index contributed by atoms with van der Waals surface area (Å²) in [6, 6.07) is 16.0. The van der Waals surface area contributed by atoms with Crippen LogP contribution in [-0.4, -0.2) is 6.61 Å². The molecule has 19 heavy (non-hydrogen) atoms. The summed E-state index contributed by atoms with van der Waals surface area (Å²) in [6.07, 6.45) is 0. The summed E-state index contributed by atoms with van der Waals surface area (Å²) < 4.78 is 28.1. The Kier molecular flexibility index (Phi) is 6.28. The van der Waals surface area contributed by atoms with E-state index < -0.39 is 6.61 Å². The molecule has 0 aliphatic rings. The predicted octanol–water partition coefficient (Wildman–Crippen LogP) is 2.85. The Bertz CT molecular complexity index is 463. The van der Waals surface area contributed by atoms with Gasteiger partial charge < -0.3 is 10.1 Å². The highest BCUT2D eigenvalue weighted by Gasteiger charge is 2.03. The Morgan fingerprint density at radius 3 is 1.89 bits per heavy atom. The third-order valence-corrected chi connectivity index (χ3v) is 2.14. The smallest absolute Gasteiger partial charge is 0.387 e. The zero-order valence-electron chi connectivity index (χ0n) is 10.1. The van der Waals surface area contributed by atoms with Crippen LogP contribution in [0.1, 0.15) is 0 Å². The maximum atomic E-state index is 11.9. The van der Waals surface area contributed by atoms with Crippen molar-refractivity contribution in [3.63, 3.8) is 0 Å². The van der Waals surface area contributed by atoms with Crippen molar-refractivity contribution in [3.05, 3.63) is 54.6 Å². The summed E-state index contributed by atoms with van der Waals surface area (Å²) in [5.74, 6) is 8.15. The molecule has 0 atom stereocenters. The summed E-state index contributed by atoms with van der Waals surface area (Å²) in [7, 11) is 0. The Balaban J connectivity index is 0.000000861. The van der Waals surface area contributed by atoms with Crippen molar-refractivity contribution in [2.24, 2.45) is 11.7 Å². The molecule has 2 rings (SSSR count). The van der Waals surface area contributed by atoms with Crippen LogP contribution in [0, 0.1) is 0 Å². The van der Waals surface area contributed by atoms with Gasteiger partial charge in [-0.2, -0.15) is 8.78 Å². The molecule has 0 spiro atoms. The fourth-order valence-electron chi connectivity index (χ4n) is 1.41. The second-order valence-corrected chi connectivity index (χ2v) is 3.39. The van der Waals surface area contributed by atoms with Crippen molar-refractivity contribution >= 4 is 11.4 Å². The normalized spacial score (nSPS) is 9.53. The molecule has 0 unspecified atom stereocenters. The number of hydrazine groups is 1. The lowest BCUT2D eigenvalue weighted by molar-refractivity contribution is -0.0498. The molecule has 4 nitrogen and oxygen atoms in total. The van der Waals surface area contributed by atoms with Gasteiger partial charge in [0, 0.05) is 11.4 Å². The van der Waals surface area contributed by atoms with Gasteiger partial charge in [-0.3, -0.25) is 11.7 Å². The van der Waals surface area contributed by atoms with Crippen LogP contribution in [0.15, 0.2) is 54.6 Å². The summed E-state index contributed by atoms with van der Waals surface area (Å²) in [5.41, 5.74) is 1.76. The highest BCUT2D eigenvalue weighted by atomic mass is 19.3. The van der Waals surface area contributed by atoms with Gasteiger partial charge in [0.05, 0.1) is 0 Å². The number of ether oxygens (including phenoxy) is 1. The third kappa shape index (κ3) is 5.33. The molecular formula is C13H15F2N3O. The topological polar surface area (TPSA) is 73.3 Å². The minimum atomic E-state index is -2.79. The van der Waals surface area contributed by atoms with E-state index in [-0.39, 0.29) is 5.75 Å². The zero-order chi connectivity index (χ0) is 14.1. The second kappa shape index (κ2) is 8.02. The molecule has 0 aromatic heterocycles. The predicted molar refractivity (Wildman–Crippen MR) is 71.2 cm³/mol. The molecule has 0 bridgehead atoms. The van der Waals surface area contributed by atoms with Gasteiger partial charge in [0.25, 0.3) is 0 Å². The van der Waals surface area contributed by atoms with E-state index >= 15 is 0 Å². The van der Waals surface area contributed by atoms with Crippen LogP contribution in [0.25, 0.3) is 0 Å². The van der Waals surface area contributed by atoms with E-state index in [9.17, 15) is 8.78 Å². The molecule has 6 heteroatoms. The van der Waals surface area contributed by atoms with Crippen LogP contribution < -0.4 is 21.7 Å². The van der Waals surface area contributed by atoms with E-state index in [2.05, 4.69) is 21.7 Å². The first-order chi connectivity index (χ1) is 9.24. The van der Waals surface area contributed by atoms with Crippen LogP contribution in [0.5, 0.6) is 5.75 Å². The van der Waals surface area contributed by atoms with Gasteiger partial charge in [-0.1, -0.05) is 18.2 Å². The number of anilines is 2. The van der Waals surface area contributed by atoms with Gasteiger partial charge in [-0.05, 0) is 36.4 Å². The molecule has 0 saturated heterocycles.